The number of fused-ring (bicyclic) bond motifs is 1. The van der Waals surface area contributed by atoms with Crippen molar-refractivity contribution in [2.24, 2.45) is 0 Å². The summed E-state index contributed by atoms with van der Waals surface area (Å²) in [6, 6.07) is 17.3. The fourth-order valence-corrected chi connectivity index (χ4v) is 6.47. The van der Waals surface area contributed by atoms with Crippen LogP contribution in [0.25, 0.3) is 0 Å². The number of para-hydroxylation sites is 1. The fraction of sp³-hybridized carbons (Fsp3) is 0.400. The zero-order chi connectivity index (χ0) is 22.3. The molecule has 1 aliphatic carbocycles. The van der Waals surface area contributed by atoms with E-state index < -0.39 is 5.54 Å². The highest BCUT2D eigenvalue weighted by Crippen LogP contribution is 2.44. The zero-order valence-electron chi connectivity index (χ0n) is 18.2. The third kappa shape index (κ3) is 3.30. The quantitative estimate of drug-likeness (QED) is 0.649. The summed E-state index contributed by atoms with van der Waals surface area (Å²) < 4.78 is 0. The van der Waals surface area contributed by atoms with Crippen molar-refractivity contribution >= 4 is 35.3 Å². The number of hydrogen-bond donors (Lipinski definition) is 0. The standard InChI is InChI=1S/C25H27N3O3S/c1-26-24(31)27(23(30)25(26)14-8-3-9-15-25)16-22(29)28-19-12-6-7-13-21(19)32-17-20(28)18-10-4-2-5-11-18/h2,4-7,10-13,20H,3,8-9,14-17H2,1H3/t20-/m1/s1. The highest BCUT2D eigenvalue weighted by Gasteiger charge is 2.56. The van der Waals surface area contributed by atoms with Crippen molar-refractivity contribution in [1.29, 1.82) is 0 Å². The summed E-state index contributed by atoms with van der Waals surface area (Å²) >= 11 is 1.73. The molecule has 2 aromatic rings. The van der Waals surface area contributed by atoms with E-state index in [0.717, 1.165) is 41.2 Å². The van der Waals surface area contributed by atoms with Crippen LogP contribution in [0, 0.1) is 0 Å². The molecule has 0 bridgehead atoms. The van der Waals surface area contributed by atoms with Crippen molar-refractivity contribution in [3.8, 4) is 0 Å². The summed E-state index contributed by atoms with van der Waals surface area (Å²) in [5, 5.41) is 0. The molecule has 0 N–H and O–H groups in total. The van der Waals surface area contributed by atoms with Crippen LogP contribution in [-0.2, 0) is 9.59 Å². The van der Waals surface area contributed by atoms with Crippen molar-refractivity contribution in [2.45, 2.75) is 48.6 Å². The molecule has 166 valence electrons. The van der Waals surface area contributed by atoms with Gasteiger partial charge >= 0.3 is 6.03 Å². The minimum absolute atomic E-state index is 0.155. The Balaban J connectivity index is 1.46. The Hall–Kier alpha value is -2.80. The van der Waals surface area contributed by atoms with Crippen LogP contribution in [0.3, 0.4) is 0 Å². The first-order valence-electron chi connectivity index (χ1n) is 11.2. The maximum atomic E-state index is 13.7. The van der Waals surface area contributed by atoms with Gasteiger partial charge in [0.05, 0.1) is 11.7 Å². The highest BCUT2D eigenvalue weighted by molar-refractivity contribution is 7.99. The van der Waals surface area contributed by atoms with Crippen LogP contribution in [0.2, 0.25) is 0 Å². The van der Waals surface area contributed by atoms with Crippen molar-refractivity contribution in [3.05, 3.63) is 60.2 Å². The first kappa shape index (κ1) is 21.1. The van der Waals surface area contributed by atoms with Crippen molar-refractivity contribution < 1.29 is 14.4 Å². The molecule has 0 unspecified atom stereocenters. The lowest BCUT2D eigenvalue weighted by Gasteiger charge is -2.38. The van der Waals surface area contributed by atoms with Gasteiger partial charge < -0.3 is 9.80 Å². The molecular formula is C25H27N3O3S. The number of nitrogens with zero attached hydrogens (tertiary/aromatic N) is 3. The van der Waals surface area contributed by atoms with Crippen LogP contribution >= 0.6 is 11.8 Å². The Morgan fingerprint density at radius 1 is 1.00 bits per heavy atom. The largest absolute Gasteiger partial charge is 0.327 e. The second-order valence-corrected chi connectivity index (χ2v) is 9.86. The van der Waals surface area contributed by atoms with Crippen molar-refractivity contribution in [2.75, 3.05) is 24.2 Å². The Kier molecular flexibility index (Phi) is 5.45. The number of benzene rings is 2. The lowest BCUT2D eigenvalue weighted by Crippen LogP contribution is -2.50. The SMILES string of the molecule is CN1C(=O)N(CC(=O)N2c3ccccc3SC[C@@H]2c2ccccc2)C(=O)C12CCCCC2. The van der Waals surface area contributed by atoms with Gasteiger partial charge in [0.15, 0.2) is 0 Å². The third-order valence-corrected chi connectivity index (χ3v) is 8.20. The number of carbonyl (C=O) groups is 3. The van der Waals surface area contributed by atoms with Gasteiger partial charge in [0.2, 0.25) is 5.91 Å². The number of rotatable bonds is 3. The molecule has 7 heteroatoms. The van der Waals surface area contributed by atoms with Gasteiger partial charge in [-0.15, -0.1) is 11.8 Å². The molecule has 4 amide bonds. The molecule has 2 fully saturated rings. The molecule has 32 heavy (non-hydrogen) atoms. The second kappa shape index (κ2) is 8.28. The van der Waals surface area contributed by atoms with E-state index in [-0.39, 0.29) is 30.4 Å². The molecule has 0 radical (unpaired) electrons. The molecule has 1 atom stereocenters. The van der Waals surface area contributed by atoms with Crippen LogP contribution in [0.1, 0.15) is 43.7 Å². The van der Waals surface area contributed by atoms with Crippen LogP contribution in [0.4, 0.5) is 10.5 Å². The maximum absolute atomic E-state index is 13.7. The molecular weight excluding hydrogens is 422 g/mol. The number of imide groups is 1. The number of anilines is 1. The predicted molar refractivity (Wildman–Crippen MR) is 125 cm³/mol. The van der Waals surface area contributed by atoms with Gasteiger partial charge in [-0.1, -0.05) is 61.7 Å². The molecule has 0 aromatic heterocycles. The Bertz CT molecular complexity index is 1050. The topological polar surface area (TPSA) is 60.9 Å². The summed E-state index contributed by atoms with van der Waals surface area (Å²) in [5.41, 5.74) is 1.11. The second-order valence-electron chi connectivity index (χ2n) is 8.79. The first-order valence-corrected chi connectivity index (χ1v) is 12.2. The molecule has 1 saturated carbocycles. The molecule has 5 rings (SSSR count). The molecule has 6 nitrogen and oxygen atoms in total. The highest BCUT2D eigenvalue weighted by atomic mass is 32.2. The Labute approximate surface area is 192 Å². The average molecular weight is 450 g/mol. The van der Waals surface area contributed by atoms with E-state index in [1.165, 1.54) is 4.90 Å². The van der Waals surface area contributed by atoms with Crippen LogP contribution in [-0.4, -0.2) is 52.5 Å². The lowest BCUT2D eigenvalue weighted by molar-refractivity contribution is -0.137. The van der Waals surface area contributed by atoms with Gasteiger partial charge in [0.25, 0.3) is 5.91 Å². The van der Waals surface area contributed by atoms with Crippen molar-refractivity contribution in [3.63, 3.8) is 0 Å². The van der Waals surface area contributed by atoms with Gasteiger partial charge in [-0.3, -0.25) is 14.5 Å². The van der Waals surface area contributed by atoms with E-state index in [0.29, 0.717) is 12.8 Å². The molecule has 2 aromatic carbocycles. The van der Waals surface area contributed by atoms with E-state index in [9.17, 15) is 14.4 Å². The Morgan fingerprint density at radius 2 is 1.69 bits per heavy atom. The zero-order valence-corrected chi connectivity index (χ0v) is 19.0. The van der Waals surface area contributed by atoms with Crippen LogP contribution in [0.15, 0.2) is 59.5 Å². The summed E-state index contributed by atoms with van der Waals surface area (Å²) in [6.45, 7) is -0.230. The number of carbonyl (C=O) groups excluding carboxylic acids is 3. The fourth-order valence-electron chi connectivity index (χ4n) is 5.30. The van der Waals surface area contributed by atoms with E-state index in [1.54, 1.807) is 28.6 Å². The smallest absolute Gasteiger partial charge is 0.313 e. The predicted octanol–water partition coefficient (Wildman–Crippen LogP) is 4.46. The first-order chi connectivity index (χ1) is 15.5. The summed E-state index contributed by atoms with van der Waals surface area (Å²) in [6.07, 6.45) is 4.29. The van der Waals surface area contributed by atoms with Crippen molar-refractivity contribution in [1.82, 2.24) is 9.80 Å². The van der Waals surface area contributed by atoms with Gasteiger partial charge in [-0.2, -0.15) is 0 Å². The molecule has 1 saturated heterocycles. The summed E-state index contributed by atoms with van der Waals surface area (Å²) in [5.74, 6) is 0.280. The van der Waals surface area contributed by atoms with Gasteiger partial charge in [0, 0.05) is 17.7 Å². The average Bonchev–Trinajstić information content (AvgIpc) is 3.00. The third-order valence-electron chi connectivity index (χ3n) is 7.06. The number of likely N-dealkylation sites (N-methyl/N-ethyl adjacent to an activating group) is 1. The normalized spacial score (nSPS) is 22.4. The van der Waals surface area contributed by atoms with Crippen LogP contribution in [0.5, 0.6) is 0 Å². The number of amides is 4. The monoisotopic (exact) mass is 449 g/mol. The molecule has 1 spiro atoms. The van der Waals surface area contributed by atoms with Gasteiger partial charge in [-0.05, 0) is 30.5 Å². The maximum Gasteiger partial charge on any atom is 0.327 e. The molecule has 2 aliphatic heterocycles. The van der Waals surface area contributed by atoms with Crippen LogP contribution < -0.4 is 4.90 Å². The number of urea groups is 1. The minimum Gasteiger partial charge on any atom is -0.313 e. The van der Waals surface area contributed by atoms with E-state index in [2.05, 4.69) is 0 Å². The minimum atomic E-state index is -0.774. The summed E-state index contributed by atoms with van der Waals surface area (Å²) in [7, 11) is 1.70. The lowest BCUT2D eigenvalue weighted by atomic mass is 9.81. The van der Waals surface area contributed by atoms with E-state index in [4.69, 9.17) is 0 Å². The summed E-state index contributed by atoms with van der Waals surface area (Å²) in [4.78, 5) is 45.8. The van der Waals surface area contributed by atoms with E-state index in [1.807, 2.05) is 54.6 Å². The van der Waals surface area contributed by atoms with E-state index >= 15 is 0 Å². The Morgan fingerprint density at radius 3 is 2.44 bits per heavy atom. The number of thioether (sulfide) groups is 1. The number of hydrogen-bond acceptors (Lipinski definition) is 4. The molecule has 2 heterocycles. The molecule has 3 aliphatic rings. The van der Waals surface area contributed by atoms with Gasteiger partial charge in [-0.25, -0.2) is 4.79 Å². The van der Waals surface area contributed by atoms with Gasteiger partial charge in [0.1, 0.15) is 12.1 Å².